The van der Waals surface area contributed by atoms with Gasteiger partial charge in [0.05, 0.1) is 0 Å². The zero-order valence-corrected chi connectivity index (χ0v) is 11.2. The van der Waals surface area contributed by atoms with Crippen LogP contribution in [0.15, 0.2) is 48.5 Å². The van der Waals surface area contributed by atoms with Crippen LogP contribution in [-0.4, -0.2) is 16.5 Å². The van der Waals surface area contributed by atoms with E-state index < -0.39 is 22.0 Å². The van der Waals surface area contributed by atoms with Crippen LogP contribution in [0.4, 0.5) is 0 Å². The fourth-order valence-corrected chi connectivity index (χ4v) is 2.86. The standard InChI is InChI=1S/C16H11NO4/c1-10-6-2-5-9-13(10)16(17(20)21)14(18)11-7-3-4-8-12(11)15(16)19/h2-9H,1H3. The van der Waals surface area contributed by atoms with Crippen molar-refractivity contribution in [2.75, 3.05) is 0 Å². The molecule has 0 saturated carbocycles. The molecule has 5 nitrogen and oxygen atoms in total. The molecule has 2 aromatic carbocycles. The number of hydrogen-bond donors (Lipinski definition) is 0. The van der Waals surface area contributed by atoms with Gasteiger partial charge < -0.3 is 0 Å². The molecule has 2 aromatic rings. The van der Waals surface area contributed by atoms with Gasteiger partial charge in [-0.1, -0.05) is 48.5 Å². The van der Waals surface area contributed by atoms with E-state index in [1.165, 1.54) is 18.2 Å². The van der Waals surface area contributed by atoms with Crippen LogP contribution < -0.4 is 0 Å². The monoisotopic (exact) mass is 281 g/mol. The number of benzene rings is 2. The third kappa shape index (κ3) is 1.51. The van der Waals surface area contributed by atoms with Gasteiger partial charge in [0, 0.05) is 21.6 Å². The lowest BCUT2D eigenvalue weighted by Gasteiger charge is -2.19. The molecule has 104 valence electrons. The minimum absolute atomic E-state index is 0.113. The highest BCUT2D eigenvalue weighted by molar-refractivity contribution is 6.31. The highest BCUT2D eigenvalue weighted by Crippen LogP contribution is 2.41. The number of carbonyl (C=O) groups is 2. The molecule has 0 radical (unpaired) electrons. The molecule has 0 N–H and O–H groups in total. The summed E-state index contributed by atoms with van der Waals surface area (Å²) in [7, 11) is 0. The van der Waals surface area contributed by atoms with E-state index in [0.29, 0.717) is 5.56 Å². The summed E-state index contributed by atoms with van der Waals surface area (Å²) < 4.78 is 0. The summed E-state index contributed by atoms with van der Waals surface area (Å²) >= 11 is 0. The van der Waals surface area contributed by atoms with E-state index in [1.54, 1.807) is 37.3 Å². The Morgan fingerprint density at radius 3 is 1.86 bits per heavy atom. The van der Waals surface area contributed by atoms with Crippen molar-refractivity contribution in [1.82, 2.24) is 0 Å². The average Bonchev–Trinajstić information content (AvgIpc) is 2.70. The van der Waals surface area contributed by atoms with Crippen molar-refractivity contribution in [1.29, 1.82) is 0 Å². The Hall–Kier alpha value is -2.82. The first kappa shape index (κ1) is 13.2. The first-order chi connectivity index (χ1) is 10.0. The van der Waals surface area contributed by atoms with E-state index in [9.17, 15) is 19.7 Å². The second-order valence-corrected chi connectivity index (χ2v) is 4.99. The van der Waals surface area contributed by atoms with Gasteiger partial charge in [0.1, 0.15) is 0 Å². The van der Waals surface area contributed by atoms with E-state index in [4.69, 9.17) is 0 Å². The molecule has 5 heteroatoms. The van der Waals surface area contributed by atoms with Gasteiger partial charge in [-0.15, -0.1) is 0 Å². The van der Waals surface area contributed by atoms with E-state index in [-0.39, 0.29) is 16.7 Å². The average molecular weight is 281 g/mol. The molecular formula is C16H11NO4. The van der Waals surface area contributed by atoms with Gasteiger partial charge in [0.2, 0.25) is 0 Å². The predicted octanol–water partition coefficient (Wildman–Crippen LogP) is 2.55. The number of Topliss-reactive ketones (excluding diaryl/α,β-unsaturated/α-hetero) is 2. The van der Waals surface area contributed by atoms with Crippen molar-refractivity contribution in [3.8, 4) is 0 Å². The minimum Gasteiger partial charge on any atom is -0.285 e. The lowest BCUT2D eigenvalue weighted by Crippen LogP contribution is -2.46. The van der Waals surface area contributed by atoms with Crippen molar-refractivity contribution < 1.29 is 14.5 Å². The first-order valence-corrected chi connectivity index (χ1v) is 6.40. The van der Waals surface area contributed by atoms with Crippen molar-refractivity contribution in [2.45, 2.75) is 12.5 Å². The van der Waals surface area contributed by atoms with Crippen LogP contribution in [0.2, 0.25) is 0 Å². The number of fused-ring (bicyclic) bond motifs is 1. The number of carbonyl (C=O) groups excluding carboxylic acids is 2. The smallest absolute Gasteiger partial charge is 0.285 e. The van der Waals surface area contributed by atoms with E-state index >= 15 is 0 Å². The fraction of sp³-hybridized carbons (Fsp3) is 0.125. The maximum Gasteiger partial charge on any atom is 0.370 e. The molecule has 0 saturated heterocycles. The highest BCUT2D eigenvalue weighted by atomic mass is 16.6. The maximum atomic E-state index is 12.7. The third-order valence-electron chi connectivity index (χ3n) is 3.88. The topological polar surface area (TPSA) is 77.3 Å². The van der Waals surface area contributed by atoms with E-state index in [2.05, 4.69) is 0 Å². The van der Waals surface area contributed by atoms with Gasteiger partial charge in [-0.25, -0.2) is 0 Å². The predicted molar refractivity (Wildman–Crippen MR) is 75.0 cm³/mol. The zero-order valence-electron chi connectivity index (χ0n) is 11.2. The minimum atomic E-state index is -2.35. The van der Waals surface area contributed by atoms with Crippen molar-refractivity contribution in [2.24, 2.45) is 0 Å². The van der Waals surface area contributed by atoms with Gasteiger partial charge in [-0.05, 0) is 12.5 Å². The van der Waals surface area contributed by atoms with Crippen LogP contribution in [-0.2, 0) is 5.54 Å². The molecule has 0 fully saturated rings. The molecule has 0 atom stereocenters. The molecule has 0 bridgehead atoms. The molecule has 0 unspecified atom stereocenters. The van der Waals surface area contributed by atoms with Crippen LogP contribution in [0.3, 0.4) is 0 Å². The van der Waals surface area contributed by atoms with Crippen LogP contribution in [0.1, 0.15) is 31.8 Å². The van der Waals surface area contributed by atoms with Crippen LogP contribution in [0.25, 0.3) is 0 Å². The Labute approximate surface area is 120 Å². The summed E-state index contributed by atoms with van der Waals surface area (Å²) in [5.74, 6) is -1.52. The van der Waals surface area contributed by atoms with Gasteiger partial charge in [0.15, 0.2) is 0 Å². The molecule has 0 aliphatic heterocycles. The Kier molecular flexibility index (Phi) is 2.73. The Bertz CT molecular complexity index is 759. The highest BCUT2D eigenvalue weighted by Gasteiger charge is 2.65. The van der Waals surface area contributed by atoms with Crippen LogP contribution in [0, 0.1) is 17.0 Å². The van der Waals surface area contributed by atoms with Crippen molar-refractivity contribution >= 4 is 11.6 Å². The lowest BCUT2D eigenvalue weighted by atomic mass is 9.83. The largest absolute Gasteiger partial charge is 0.370 e. The quantitative estimate of drug-likeness (QED) is 0.481. The molecule has 0 amide bonds. The summed E-state index contributed by atoms with van der Waals surface area (Å²) in [6.07, 6.45) is 0. The van der Waals surface area contributed by atoms with Gasteiger partial charge in [0.25, 0.3) is 11.6 Å². The number of aryl methyl sites for hydroxylation is 1. The normalized spacial score (nSPS) is 15.9. The van der Waals surface area contributed by atoms with Gasteiger partial charge >= 0.3 is 5.54 Å². The molecule has 0 spiro atoms. The SMILES string of the molecule is Cc1ccccc1C1([N+](=O)[O-])C(=O)c2ccccc2C1=O. The maximum absolute atomic E-state index is 12.7. The molecule has 0 heterocycles. The molecule has 21 heavy (non-hydrogen) atoms. The van der Waals surface area contributed by atoms with E-state index in [1.807, 2.05) is 0 Å². The fourth-order valence-electron chi connectivity index (χ4n) is 2.86. The number of nitrogens with zero attached hydrogens (tertiary/aromatic N) is 1. The number of rotatable bonds is 2. The third-order valence-corrected chi connectivity index (χ3v) is 3.88. The number of hydrogen-bond acceptors (Lipinski definition) is 4. The van der Waals surface area contributed by atoms with E-state index in [0.717, 1.165) is 0 Å². The summed E-state index contributed by atoms with van der Waals surface area (Å²) in [5, 5.41) is 11.7. The second kappa shape index (κ2) is 4.34. The summed E-state index contributed by atoms with van der Waals surface area (Å²) in [6.45, 7) is 1.66. The molecular weight excluding hydrogens is 270 g/mol. The molecule has 1 aliphatic carbocycles. The lowest BCUT2D eigenvalue weighted by molar-refractivity contribution is -0.537. The number of ketones is 2. The summed E-state index contributed by atoms with van der Waals surface area (Å²) in [5.41, 5.74) is -1.44. The molecule has 1 aliphatic rings. The van der Waals surface area contributed by atoms with Crippen molar-refractivity contribution in [3.05, 3.63) is 80.9 Å². The first-order valence-electron chi connectivity index (χ1n) is 6.40. The molecule has 3 rings (SSSR count). The zero-order chi connectivity index (χ0) is 15.2. The molecule has 0 aromatic heterocycles. The summed E-state index contributed by atoms with van der Waals surface area (Å²) in [4.78, 5) is 36.3. The van der Waals surface area contributed by atoms with Gasteiger partial charge in [-0.3, -0.25) is 19.7 Å². The van der Waals surface area contributed by atoms with Crippen LogP contribution in [0.5, 0.6) is 0 Å². The Morgan fingerprint density at radius 2 is 1.38 bits per heavy atom. The van der Waals surface area contributed by atoms with Gasteiger partial charge in [-0.2, -0.15) is 0 Å². The summed E-state index contributed by atoms with van der Waals surface area (Å²) in [6, 6.07) is 12.5. The Morgan fingerprint density at radius 1 is 0.905 bits per heavy atom. The second-order valence-electron chi connectivity index (χ2n) is 4.99. The van der Waals surface area contributed by atoms with Crippen LogP contribution >= 0.6 is 0 Å². The number of nitro groups is 1. The van der Waals surface area contributed by atoms with Crippen molar-refractivity contribution in [3.63, 3.8) is 0 Å². The Balaban J connectivity index is 2.37.